The van der Waals surface area contributed by atoms with Crippen LogP contribution in [0, 0.1) is 5.82 Å². The third-order valence-corrected chi connectivity index (χ3v) is 3.59. The summed E-state index contributed by atoms with van der Waals surface area (Å²) in [5.74, 6) is -1.09. The van der Waals surface area contributed by atoms with Gasteiger partial charge in [0, 0.05) is 37.7 Å². The summed E-state index contributed by atoms with van der Waals surface area (Å²) in [6, 6.07) is 4.36. The Morgan fingerprint density at radius 2 is 1.89 bits per heavy atom. The number of carboxylic acid groups (broad SMARTS) is 1. The van der Waals surface area contributed by atoms with Crippen LogP contribution in [-0.2, 0) is 11.3 Å². The Bertz CT molecular complexity index is 462. The van der Waals surface area contributed by atoms with Crippen LogP contribution in [0.25, 0.3) is 0 Å². The minimum absolute atomic E-state index is 0.0779. The van der Waals surface area contributed by atoms with Crippen molar-refractivity contribution in [1.29, 1.82) is 0 Å². The van der Waals surface area contributed by atoms with E-state index in [4.69, 9.17) is 16.7 Å². The molecule has 1 saturated heterocycles. The lowest BCUT2D eigenvalue weighted by Gasteiger charge is -2.33. The van der Waals surface area contributed by atoms with Gasteiger partial charge in [0.25, 0.3) is 0 Å². The maximum Gasteiger partial charge on any atom is 0.317 e. The molecule has 104 valence electrons. The Morgan fingerprint density at radius 1 is 1.26 bits per heavy atom. The molecule has 19 heavy (non-hydrogen) atoms. The smallest absolute Gasteiger partial charge is 0.317 e. The molecule has 1 aromatic carbocycles. The van der Waals surface area contributed by atoms with Gasteiger partial charge in [-0.3, -0.25) is 14.6 Å². The van der Waals surface area contributed by atoms with Crippen LogP contribution in [-0.4, -0.2) is 53.6 Å². The van der Waals surface area contributed by atoms with Crippen LogP contribution in [0.2, 0.25) is 5.02 Å². The van der Waals surface area contributed by atoms with Crippen molar-refractivity contribution < 1.29 is 14.3 Å². The summed E-state index contributed by atoms with van der Waals surface area (Å²) in [6.45, 7) is 3.62. The largest absolute Gasteiger partial charge is 0.480 e. The van der Waals surface area contributed by atoms with Crippen molar-refractivity contribution in [2.24, 2.45) is 0 Å². The van der Waals surface area contributed by atoms with E-state index in [1.807, 2.05) is 4.90 Å². The predicted octanol–water partition coefficient (Wildman–Crippen LogP) is 1.68. The zero-order valence-electron chi connectivity index (χ0n) is 10.5. The van der Waals surface area contributed by atoms with Crippen molar-refractivity contribution in [2.75, 3.05) is 32.7 Å². The van der Waals surface area contributed by atoms with Crippen molar-refractivity contribution in [1.82, 2.24) is 9.80 Å². The molecule has 0 unspecified atom stereocenters. The first-order chi connectivity index (χ1) is 9.04. The maximum atomic E-state index is 13.2. The SMILES string of the molecule is O=C(O)CN1CCN(Cc2cc(F)ccc2Cl)CC1. The van der Waals surface area contributed by atoms with E-state index in [0.717, 1.165) is 18.7 Å². The number of aliphatic carboxylic acids is 1. The van der Waals surface area contributed by atoms with E-state index in [1.165, 1.54) is 12.1 Å². The molecule has 0 atom stereocenters. The second kappa shape index (κ2) is 6.32. The number of piperazine rings is 1. The van der Waals surface area contributed by atoms with Crippen LogP contribution in [0.1, 0.15) is 5.56 Å². The Balaban J connectivity index is 1.88. The third kappa shape index (κ3) is 4.16. The summed E-state index contributed by atoms with van der Waals surface area (Å²) in [5, 5.41) is 9.28. The maximum absolute atomic E-state index is 13.2. The first kappa shape index (κ1) is 14.2. The van der Waals surface area contributed by atoms with Crippen molar-refractivity contribution in [2.45, 2.75) is 6.54 Å². The van der Waals surface area contributed by atoms with Gasteiger partial charge in [0.2, 0.25) is 0 Å². The highest BCUT2D eigenvalue weighted by molar-refractivity contribution is 6.31. The highest BCUT2D eigenvalue weighted by Gasteiger charge is 2.19. The molecule has 0 radical (unpaired) electrons. The normalized spacial score (nSPS) is 17.6. The molecule has 6 heteroatoms. The highest BCUT2D eigenvalue weighted by atomic mass is 35.5. The number of hydrogen-bond donors (Lipinski definition) is 1. The fraction of sp³-hybridized carbons (Fsp3) is 0.462. The van der Waals surface area contributed by atoms with E-state index in [2.05, 4.69) is 4.90 Å². The first-order valence-corrected chi connectivity index (χ1v) is 6.53. The molecule has 1 aliphatic rings. The van der Waals surface area contributed by atoms with E-state index in [-0.39, 0.29) is 12.4 Å². The number of benzene rings is 1. The second-order valence-corrected chi connectivity index (χ2v) is 5.09. The molecular formula is C13H16ClFN2O2. The molecule has 1 heterocycles. The fourth-order valence-corrected chi connectivity index (χ4v) is 2.38. The van der Waals surface area contributed by atoms with Crippen LogP contribution >= 0.6 is 11.6 Å². The quantitative estimate of drug-likeness (QED) is 0.915. The molecule has 1 aromatic rings. The van der Waals surface area contributed by atoms with Crippen molar-refractivity contribution in [3.63, 3.8) is 0 Å². The highest BCUT2D eigenvalue weighted by Crippen LogP contribution is 2.19. The van der Waals surface area contributed by atoms with Gasteiger partial charge in [-0.2, -0.15) is 0 Å². The molecule has 0 amide bonds. The Labute approximate surface area is 116 Å². The van der Waals surface area contributed by atoms with Gasteiger partial charge in [0.15, 0.2) is 0 Å². The fourth-order valence-electron chi connectivity index (χ4n) is 2.20. The number of nitrogens with zero attached hydrogens (tertiary/aromatic N) is 2. The number of carboxylic acids is 1. The Morgan fingerprint density at radius 3 is 2.53 bits per heavy atom. The molecule has 4 nitrogen and oxygen atoms in total. The number of halogens is 2. The average Bonchev–Trinajstić information content (AvgIpc) is 2.35. The molecule has 0 spiro atoms. The molecule has 1 aliphatic heterocycles. The van der Waals surface area contributed by atoms with Gasteiger partial charge in [-0.25, -0.2) is 4.39 Å². The van der Waals surface area contributed by atoms with Crippen molar-refractivity contribution in [3.8, 4) is 0 Å². The van der Waals surface area contributed by atoms with Gasteiger partial charge in [-0.1, -0.05) is 11.6 Å². The topological polar surface area (TPSA) is 43.8 Å². The number of hydrogen-bond acceptors (Lipinski definition) is 3. The van der Waals surface area contributed by atoms with Gasteiger partial charge in [-0.05, 0) is 23.8 Å². The zero-order valence-corrected chi connectivity index (χ0v) is 11.2. The van der Waals surface area contributed by atoms with Gasteiger partial charge in [-0.15, -0.1) is 0 Å². The molecular weight excluding hydrogens is 271 g/mol. The Hall–Kier alpha value is -1.17. The van der Waals surface area contributed by atoms with Gasteiger partial charge in [0.05, 0.1) is 6.54 Å². The number of carbonyl (C=O) groups is 1. The van der Waals surface area contributed by atoms with Gasteiger partial charge in [0.1, 0.15) is 5.82 Å². The zero-order chi connectivity index (χ0) is 13.8. The molecule has 0 aliphatic carbocycles. The lowest BCUT2D eigenvalue weighted by atomic mass is 10.2. The summed E-state index contributed by atoms with van der Waals surface area (Å²) in [4.78, 5) is 14.7. The van der Waals surface area contributed by atoms with Gasteiger partial charge < -0.3 is 5.11 Å². The second-order valence-electron chi connectivity index (χ2n) is 4.68. The molecule has 0 bridgehead atoms. The molecule has 0 aromatic heterocycles. The monoisotopic (exact) mass is 286 g/mol. The van der Waals surface area contributed by atoms with Crippen molar-refractivity contribution in [3.05, 3.63) is 34.6 Å². The summed E-state index contributed by atoms with van der Waals surface area (Å²) >= 11 is 6.03. The molecule has 1 fully saturated rings. The molecule has 2 rings (SSSR count). The van der Waals surface area contributed by atoms with Crippen LogP contribution < -0.4 is 0 Å². The van der Waals surface area contributed by atoms with E-state index in [1.54, 1.807) is 6.07 Å². The molecule has 1 N–H and O–H groups in total. The number of rotatable bonds is 4. The minimum Gasteiger partial charge on any atom is -0.480 e. The lowest BCUT2D eigenvalue weighted by molar-refractivity contribution is -0.138. The first-order valence-electron chi connectivity index (χ1n) is 6.15. The molecule has 0 saturated carbocycles. The van der Waals surface area contributed by atoms with E-state index >= 15 is 0 Å². The van der Waals surface area contributed by atoms with E-state index in [0.29, 0.717) is 24.7 Å². The van der Waals surface area contributed by atoms with E-state index < -0.39 is 5.97 Å². The van der Waals surface area contributed by atoms with Crippen molar-refractivity contribution >= 4 is 17.6 Å². The standard InChI is InChI=1S/C13H16ClFN2O2/c14-12-2-1-11(15)7-10(12)8-16-3-5-17(6-4-16)9-13(18)19/h1-2,7H,3-6,8-9H2,(H,18,19). The summed E-state index contributed by atoms with van der Waals surface area (Å²) < 4.78 is 13.2. The van der Waals surface area contributed by atoms with Crippen LogP contribution in [0.15, 0.2) is 18.2 Å². The Kier molecular flexibility index (Phi) is 4.74. The summed E-state index contributed by atoms with van der Waals surface area (Å²) in [5.41, 5.74) is 0.772. The predicted molar refractivity (Wildman–Crippen MR) is 70.8 cm³/mol. The lowest BCUT2D eigenvalue weighted by Crippen LogP contribution is -2.47. The summed E-state index contributed by atoms with van der Waals surface area (Å²) in [7, 11) is 0. The minimum atomic E-state index is -0.804. The van der Waals surface area contributed by atoms with Crippen LogP contribution in [0.4, 0.5) is 4.39 Å². The summed E-state index contributed by atoms with van der Waals surface area (Å²) in [6.07, 6.45) is 0. The average molecular weight is 287 g/mol. The van der Waals surface area contributed by atoms with Gasteiger partial charge >= 0.3 is 5.97 Å². The third-order valence-electron chi connectivity index (χ3n) is 3.23. The van der Waals surface area contributed by atoms with Crippen LogP contribution in [0.5, 0.6) is 0 Å². The van der Waals surface area contributed by atoms with Crippen LogP contribution in [0.3, 0.4) is 0 Å². The van der Waals surface area contributed by atoms with E-state index in [9.17, 15) is 9.18 Å².